The van der Waals surface area contributed by atoms with Crippen molar-refractivity contribution in [3.63, 3.8) is 0 Å². The van der Waals surface area contributed by atoms with Crippen LogP contribution in [0.4, 0.5) is 0 Å². The van der Waals surface area contributed by atoms with Gasteiger partial charge in [0.05, 0.1) is 11.1 Å². The third kappa shape index (κ3) is 6.92. The highest BCUT2D eigenvalue weighted by Gasteiger charge is 2.36. The number of carbonyl (C=O) groups is 1. The summed E-state index contributed by atoms with van der Waals surface area (Å²) in [7, 11) is 0. The van der Waals surface area contributed by atoms with E-state index in [0.717, 1.165) is 25.7 Å². The van der Waals surface area contributed by atoms with Gasteiger partial charge in [0, 0.05) is 6.42 Å². The summed E-state index contributed by atoms with van der Waals surface area (Å²) in [4.78, 5) is 12.0. The predicted octanol–water partition coefficient (Wildman–Crippen LogP) is 2.20. The minimum Gasteiger partial charge on any atom is -0.388 e. The van der Waals surface area contributed by atoms with Gasteiger partial charge in [-0.1, -0.05) is 19.8 Å². The lowest BCUT2D eigenvalue weighted by molar-refractivity contribution is -0.126. The van der Waals surface area contributed by atoms with Crippen molar-refractivity contribution in [2.45, 2.75) is 77.9 Å². The molecule has 1 unspecified atom stereocenters. The van der Waals surface area contributed by atoms with Crippen molar-refractivity contribution < 1.29 is 9.90 Å². The van der Waals surface area contributed by atoms with Crippen molar-refractivity contribution in [2.24, 2.45) is 11.7 Å². The molecule has 0 saturated heterocycles. The Kier molecular flexibility index (Phi) is 7.60. The number of amides is 1. The van der Waals surface area contributed by atoms with Crippen LogP contribution in [0.25, 0.3) is 0 Å². The van der Waals surface area contributed by atoms with E-state index in [4.69, 9.17) is 5.73 Å². The highest BCUT2D eigenvalue weighted by molar-refractivity contribution is 5.76. The van der Waals surface area contributed by atoms with Crippen molar-refractivity contribution in [3.05, 3.63) is 0 Å². The van der Waals surface area contributed by atoms with Crippen LogP contribution in [-0.4, -0.2) is 28.7 Å². The van der Waals surface area contributed by atoms with E-state index >= 15 is 0 Å². The number of carbonyl (C=O) groups excluding carboxylic acids is 1. The third-order valence-corrected chi connectivity index (χ3v) is 4.03. The van der Waals surface area contributed by atoms with Crippen LogP contribution in [0, 0.1) is 5.92 Å². The molecule has 4 heteroatoms. The molecule has 0 radical (unpaired) electrons. The summed E-state index contributed by atoms with van der Waals surface area (Å²) < 4.78 is 0. The molecule has 114 valence electrons. The first-order chi connectivity index (χ1) is 8.64. The number of nitrogens with two attached hydrogens (primary N) is 1. The second-order valence-electron chi connectivity index (χ2n) is 6.50. The van der Waals surface area contributed by atoms with Gasteiger partial charge < -0.3 is 16.2 Å². The van der Waals surface area contributed by atoms with Gasteiger partial charge in [-0.3, -0.25) is 4.79 Å². The van der Waals surface area contributed by atoms with E-state index < -0.39 is 11.1 Å². The molecule has 0 aliphatic rings. The molecule has 0 aromatic rings. The molecule has 0 aliphatic heterocycles. The number of aliphatic hydroxyl groups is 1. The van der Waals surface area contributed by atoms with Gasteiger partial charge in [-0.25, -0.2) is 0 Å². The Bertz CT molecular complexity index is 264. The molecule has 0 aromatic heterocycles. The number of hydrogen-bond acceptors (Lipinski definition) is 3. The molecule has 0 aliphatic carbocycles. The predicted molar refractivity (Wildman–Crippen MR) is 79.8 cm³/mol. The van der Waals surface area contributed by atoms with E-state index in [1.165, 1.54) is 0 Å². The second kappa shape index (κ2) is 7.85. The van der Waals surface area contributed by atoms with Crippen LogP contribution in [0.15, 0.2) is 0 Å². The normalized spacial score (nSPS) is 14.3. The van der Waals surface area contributed by atoms with Crippen LogP contribution in [0.3, 0.4) is 0 Å². The summed E-state index contributed by atoms with van der Waals surface area (Å²) in [5.41, 5.74) is 4.02. The van der Waals surface area contributed by atoms with E-state index in [1.54, 1.807) is 13.8 Å². The molecule has 0 saturated carbocycles. The summed E-state index contributed by atoms with van der Waals surface area (Å²) in [6.45, 7) is 9.94. The van der Waals surface area contributed by atoms with Crippen LogP contribution in [0.1, 0.15) is 66.7 Å². The first-order valence-corrected chi connectivity index (χ1v) is 7.37. The van der Waals surface area contributed by atoms with Gasteiger partial charge in [0.25, 0.3) is 0 Å². The fourth-order valence-electron chi connectivity index (χ4n) is 1.98. The Labute approximate surface area is 118 Å². The summed E-state index contributed by atoms with van der Waals surface area (Å²) in [5, 5.41) is 12.9. The van der Waals surface area contributed by atoms with Gasteiger partial charge in [-0.15, -0.1) is 0 Å². The first-order valence-electron chi connectivity index (χ1n) is 7.37. The van der Waals surface area contributed by atoms with E-state index in [2.05, 4.69) is 12.2 Å². The van der Waals surface area contributed by atoms with Gasteiger partial charge in [0.1, 0.15) is 0 Å². The van der Waals surface area contributed by atoms with Crippen LogP contribution in [0.5, 0.6) is 0 Å². The Morgan fingerprint density at radius 1 is 1.21 bits per heavy atom. The summed E-state index contributed by atoms with van der Waals surface area (Å²) in [5.74, 6) is 0.538. The molecule has 0 heterocycles. The largest absolute Gasteiger partial charge is 0.388 e. The van der Waals surface area contributed by atoms with Crippen molar-refractivity contribution >= 4 is 5.91 Å². The molecule has 4 N–H and O–H groups in total. The number of nitrogens with one attached hydrogen (secondary N) is 1. The minimum atomic E-state index is -0.942. The SMILES string of the molecule is CCCC(CCN)CCC(=O)NC(C)(C)C(C)(C)O. The Morgan fingerprint density at radius 3 is 2.21 bits per heavy atom. The second-order valence-corrected chi connectivity index (χ2v) is 6.50. The maximum absolute atomic E-state index is 12.0. The zero-order chi connectivity index (χ0) is 15.1. The van der Waals surface area contributed by atoms with Gasteiger partial charge in [0.15, 0.2) is 0 Å². The van der Waals surface area contributed by atoms with E-state index in [0.29, 0.717) is 18.9 Å². The zero-order valence-electron chi connectivity index (χ0n) is 13.3. The van der Waals surface area contributed by atoms with Crippen LogP contribution < -0.4 is 11.1 Å². The fourth-order valence-corrected chi connectivity index (χ4v) is 1.98. The molecule has 0 fully saturated rings. The van der Waals surface area contributed by atoms with Crippen LogP contribution in [-0.2, 0) is 4.79 Å². The standard InChI is InChI=1S/C15H32N2O2/c1-6-7-12(10-11-16)8-9-13(18)17-14(2,3)15(4,5)19/h12,19H,6-11,16H2,1-5H3,(H,17,18). The molecule has 19 heavy (non-hydrogen) atoms. The van der Waals surface area contributed by atoms with Gasteiger partial charge in [-0.2, -0.15) is 0 Å². The molecular formula is C15H32N2O2. The van der Waals surface area contributed by atoms with Crippen molar-refractivity contribution in [3.8, 4) is 0 Å². The molecule has 1 amide bonds. The fraction of sp³-hybridized carbons (Fsp3) is 0.933. The smallest absolute Gasteiger partial charge is 0.220 e. The minimum absolute atomic E-state index is 0.00486. The first kappa shape index (κ1) is 18.4. The van der Waals surface area contributed by atoms with Gasteiger partial charge >= 0.3 is 0 Å². The lowest BCUT2D eigenvalue weighted by Crippen LogP contribution is -2.57. The average molecular weight is 272 g/mol. The average Bonchev–Trinajstić information content (AvgIpc) is 2.24. The maximum Gasteiger partial charge on any atom is 0.220 e. The molecule has 0 bridgehead atoms. The summed E-state index contributed by atoms with van der Waals surface area (Å²) >= 11 is 0. The monoisotopic (exact) mass is 272 g/mol. The maximum atomic E-state index is 12.0. The van der Waals surface area contributed by atoms with E-state index in [-0.39, 0.29) is 5.91 Å². The molecule has 0 rings (SSSR count). The third-order valence-electron chi connectivity index (χ3n) is 4.03. The Hall–Kier alpha value is -0.610. The number of rotatable bonds is 9. The molecular weight excluding hydrogens is 240 g/mol. The lowest BCUT2D eigenvalue weighted by Gasteiger charge is -2.38. The lowest BCUT2D eigenvalue weighted by atomic mass is 9.85. The van der Waals surface area contributed by atoms with E-state index in [1.807, 2.05) is 13.8 Å². The molecule has 4 nitrogen and oxygen atoms in total. The molecule has 0 aromatic carbocycles. The highest BCUT2D eigenvalue weighted by atomic mass is 16.3. The Balaban J connectivity index is 4.24. The van der Waals surface area contributed by atoms with Crippen molar-refractivity contribution in [1.82, 2.24) is 5.32 Å². The van der Waals surface area contributed by atoms with Gasteiger partial charge in [-0.05, 0) is 53.0 Å². The van der Waals surface area contributed by atoms with E-state index in [9.17, 15) is 9.90 Å². The quantitative estimate of drug-likeness (QED) is 0.602. The summed E-state index contributed by atoms with van der Waals surface area (Å²) in [6.07, 6.45) is 4.61. The number of hydrogen-bond donors (Lipinski definition) is 3. The van der Waals surface area contributed by atoms with Crippen LogP contribution in [0.2, 0.25) is 0 Å². The molecule has 0 spiro atoms. The summed E-state index contributed by atoms with van der Waals surface area (Å²) in [6, 6.07) is 0. The highest BCUT2D eigenvalue weighted by Crippen LogP contribution is 2.22. The van der Waals surface area contributed by atoms with Crippen LogP contribution >= 0.6 is 0 Å². The topological polar surface area (TPSA) is 75.4 Å². The molecule has 1 atom stereocenters. The van der Waals surface area contributed by atoms with Crippen molar-refractivity contribution in [1.29, 1.82) is 0 Å². The zero-order valence-corrected chi connectivity index (χ0v) is 13.3. The Morgan fingerprint density at radius 2 is 1.79 bits per heavy atom. The van der Waals surface area contributed by atoms with Crippen molar-refractivity contribution in [2.75, 3.05) is 6.54 Å². The van der Waals surface area contributed by atoms with Gasteiger partial charge in [0.2, 0.25) is 5.91 Å².